The average Bonchev–Trinajstić information content (AvgIpc) is 3.34. The molecule has 0 radical (unpaired) electrons. The van der Waals surface area contributed by atoms with Crippen LogP contribution in [-0.2, 0) is 22.7 Å². The molecule has 0 aliphatic rings. The standard InChI is InChI=1S/C30H35N5O5/c1-30(2,3)31-29(37)27(22-10-9-13-25(39-5)28(22)40-6)34(18-20-14-16-21(38-4)17-15-20)26(36)19-35-24-12-8-7-11-23(24)32-33-35/h7-17,27H,18-19H2,1-6H3,(H,31,37). The van der Waals surface area contributed by atoms with Crippen molar-refractivity contribution in [3.63, 3.8) is 0 Å². The van der Waals surface area contributed by atoms with Gasteiger partial charge in [-0.15, -0.1) is 5.10 Å². The zero-order chi connectivity index (χ0) is 28.9. The van der Waals surface area contributed by atoms with Crippen molar-refractivity contribution in [2.45, 2.75) is 45.4 Å². The number of ether oxygens (including phenoxy) is 3. The van der Waals surface area contributed by atoms with Crippen molar-refractivity contribution < 1.29 is 23.8 Å². The molecule has 1 aromatic heterocycles. The first kappa shape index (κ1) is 28.4. The molecule has 0 saturated carbocycles. The van der Waals surface area contributed by atoms with E-state index in [0.717, 1.165) is 11.1 Å². The highest BCUT2D eigenvalue weighted by Gasteiger charge is 2.36. The smallest absolute Gasteiger partial charge is 0.248 e. The van der Waals surface area contributed by atoms with Crippen LogP contribution in [-0.4, -0.2) is 58.6 Å². The molecule has 40 heavy (non-hydrogen) atoms. The predicted octanol–water partition coefficient (Wildman–Crippen LogP) is 4.14. The largest absolute Gasteiger partial charge is 0.497 e. The molecule has 4 aromatic rings. The van der Waals surface area contributed by atoms with Crippen LogP contribution in [0.25, 0.3) is 11.0 Å². The van der Waals surface area contributed by atoms with Gasteiger partial charge < -0.3 is 24.4 Å². The maximum Gasteiger partial charge on any atom is 0.248 e. The first-order chi connectivity index (χ1) is 19.1. The second kappa shape index (κ2) is 12.1. The van der Waals surface area contributed by atoms with E-state index < -0.39 is 11.6 Å². The van der Waals surface area contributed by atoms with Gasteiger partial charge in [0, 0.05) is 17.6 Å². The number of methoxy groups -OCH3 is 3. The molecule has 0 bridgehead atoms. The molecule has 0 saturated heterocycles. The number of benzene rings is 3. The zero-order valence-corrected chi connectivity index (χ0v) is 23.7. The van der Waals surface area contributed by atoms with E-state index in [-0.39, 0.29) is 24.9 Å². The number of hydrogen-bond donors (Lipinski definition) is 1. The normalized spacial score (nSPS) is 12.1. The van der Waals surface area contributed by atoms with Gasteiger partial charge in [0.1, 0.15) is 23.9 Å². The van der Waals surface area contributed by atoms with Crippen molar-refractivity contribution in [3.05, 3.63) is 77.9 Å². The van der Waals surface area contributed by atoms with Crippen LogP contribution in [0.4, 0.5) is 0 Å². The Morgan fingerprint density at radius 2 is 1.65 bits per heavy atom. The van der Waals surface area contributed by atoms with Gasteiger partial charge in [-0.1, -0.05) is 41.6 Å². The van der Waals surface area contributed by atoms with Crippen LogP contribution in [0, 0.1) is 0 Å². The first-order valence-corrected chi connectivity index (χ1v) is 12.9. The fourth-order valence-electron chi connectivity index (χ4n) is 4.52. The van der Waals surface area contributed by atoms with Crippen LogP contribution >= 0.6 is 0 Å². The molecule has 3 aromatic carbocycles. The van der Waals surface area contributed by atoms with Crippen molar-refractivity contribution in [1.82, 2.24) is 25.2 Å². The van der Waals surface area contributed by atoms with E-state index in [1.54, 1.807) is 30.0 Å². The van der Waals surface area contributed by atoms with Crippen LogP contribution in [0.1, 0.15) is 37.9 Å². The van der Waals surface area contributed by atoms with E-state index in [0.29, 0.717) is 28.3 Å². The van der Waals surface area contributed by atoms with Crippen LogP contribution in [0.3, 0.4) is 0 Å². The minimum atomic E-state index is -1.05. The second-order valence-electron chi connectivity index (χ2n) is 10.3. The number of nitrogens with one attached hydrogen (secondary N) is 1. The van der Waals surface area contributed by atoms with Gasteiger partial charge in [0.15, 0.2) is 11.5 Å². The summed E-state index contributed by atoms with van der Waals surface area (Å²) in [5, 5.41) is 11.4. The molecule has 210 valence electrons. The second-order valence-corrected chi connectivity index (χ2v) is 10.3. The summed E-state index contributed by atoms with van der Waals surface area (Å²) in [6.45, 7) is 5.69. The summed E-state index contributed by atoms with van der Waals surface area (Å²) < 4.78 is 18.1. The third-order valence-electron chi connectivity index (χ3n) is 6.32. The number of fused-ring (bicyclic) bond motifs is 1. The first-order valence-electron chi connectivity index (χ1n) is 12.9. The summed E-state index contributed by atoms with van der Waals surface area (Å²) in [5.41, 5.74) is 2.14. The number of amides is 2. The summed E-state index contributed by atoms with van der Waals surface area (Å²) >= 11 is 0. The van der Waals surface area contributed by atoms with Gasteiger partial charge >= 0.3 is 0 Å². The number of nitrogens with zero attached hydrogens (tertiary/aromatic N) is 4. The number of rotatable bonds is 10. The van der Waals surface area contributed by atoms with E-state index in [4.69, 9.17) is 14.2 Å². The fourth-order valence-corrected chi connectivity index (χ4v) is 4.52. The van der Waals surface area contributed by atoms with Gasteiger partial charge in [0.2, 0.25) is 11.8 Å². The lowest BCUT2D eigenvalue weighted by molar-refractivity contribution is -0.142. The topological polar surface area (TPSA) is 108 Å². The monoisotopic (exact) mass is 545 g/mol. The van der Waals surface area contributed by atoms with Crippen molar-refractivity contribution in [3.8, 4) is 17.2 Å². The molecule has 1 unspecified atom stereocenters. The Balaban J connectivity index is 1.84. The van der Waals surface area contributed by atoms with Crippen LogP contribution in [0.5, 0.6) is 17.2 Å². The van der Waals surface area contributed by atoms with E-state index in [1.165, 1.54) is 19.1 Å². The van der Waals surface area contributed by atoms with Gasteiger partial charge in [-0.05, 0) is 56.7 Å². The molecule has 1 heterocycles. The molecule has 0 fully saturated rings. The average molecular weight is 546 g/mol. The van der Waals surface area contributed by atoms with Crippen LogP contribution in [0.15, 0.2) is 66.7 Å². The molecular weight excluding hydrogens is 510 g/mol. The number of hydrogen-bond acceptors (Lipinski definition) is 7. The number of aromatic nitrogens is 3. The number of carbonyl (C=O) groups is 2. The summed E-state index contributed by atoms with van der Waals surface area (Å²) in [6.07, 6.45) is 0. The Morgan fingerprint density at radius 1 is 0.925 bits per heavy atom. The summed E-state index contributed by atoms with van der Waals surface area (Å²) in [4.78, 5) is 29.7. The highest BCUT2D eigenvalue weighted by molar-refractivity contribution is 5.90. The zero-order valence-electron chi connectivity index (χ0n) is 23.7. The van der Waals surface area contributed by atoms with Gasteiger partial charge in [-0.25, -0.2) is 4.68 Å². The Morgan fingerprint density at radius 3 is 2.30 bits per heavy atom. The molecule has 2 amide bonds. The van der Waals surface area contributed by atoms with E-state index in [1.807, 2.05) is 69.3 Å². The molecule has 0 spiro atoms. The maximum atomic E-state index is 14.2. The Bertz CT molecular complexity index is 1480. The SMILES string of the molecule is COc1ccc(CN(C(=O)Cn2nnc3ccccc32)C(C(=O)NC(C)(C)C)c2cccc(OC)c2OC)cc1. The molecule has 0 aliphatic heterocycles. The molecule has 1 N–H and O–H groups in total. The van der Waals surface area contributed by atoms with Crippen LogP contribution < -0.4 is 19.5 Å². The lowest BCUT2D eigenvalue weighted by Gasteiger charge is -2.34. The van der Waals surface area contributed by atoms with E-state index >= 15 is 0 Å². The third kappa shape index (κ3) is 6.33. The number of carbonyl (C=O) groups excluding carboxylic acids is 2. The molecule has 10 heteroatoms. The van der Waals surface area contributed by atoms with Gasteiger partial charge in [0.25, 0.3) is 0 Å². The Kier molecular flexibility index (Phi) is 8.57. The van der Waals surface area contributed by atoms with Gasteiger partial charge in [-0.2, -0.15) is 0 Å². The van der Waals surface area contributed by atoms with Gasteiger partial charge in [-0.3, -0.25) is 9.59 Å². The summed E-state index contributed by atoms with van der Waals surface area (Å²) in [5.74, 6) is 0.826. The molecule has 1 atom stereocenters. The summed E-state index contributed by atoms with van der Waals surface area (Å²) in [6, 6.07) is 19.0. The predicted molar refractivity (Wildman–Crippen MR) is 151 cm³/mol. The number of para-hydroxylation sites is 2. The molecule has 4 rings (SSSR count). The molecule has 10 nitrogen and oxygen atoms in total. The van der Waals surface area contributed by atoms with Crippen molar-refractivity contribution in [2.75, 3.05) is 21.3 Å². The van der Waals surface area contributed by atoms with E-state index in [2.05, 4.69) is 15.6 Å². The molecule has 0 aliphatic carbocycles. The van der Waals surface area contributed by atoms with E-state index in [9.17, 15) is 9.59 Å². The summed E-state index contributed by atoms with van der Waals surface area (Å²) in [7, 11) is 4.63. The Hall–Kier alpha value is -4.60. The highest BCUT2D eigenvalue weighted by Crippen LogP contribution is 2.38. The fraction of sp³-hybridized carbons (Fsp3) is 0.333. The quantitative estimate of drug-likeness (QED) is 0.319. The highest BCUT2D eigenvalue weighted by atomic mass is 16.5. The third-order valence-corrected chi connectivity index (χ3v) is 6.32. The van der Waals surface area contributed by atoms with Crippen molar-refractivity contribution in [1.29, 1.82) is 0 Å². The lowest BCUT2D eigenvalue weighted by atomic mass is 9.99. The molecular formula is C30H35N5O5. The maximum absolute atomic E-state index is 14.2. The van der Waals surface area contributed by atoms with Crippen molar-refractivity contribution in [2.24, 2.45) is 0 Å². The lowest BCUT2D eigenvalue weighted by Crippen LogP contribution is -2.49. The Labute approximate surface area is 233 Å². The van der Waals surface area contributed by atoms with Crippen molar-refractivity contribution >= 4 is 22.8 Å². The minimum Gasteiger partial charge on any atom is -0.497 e. The minimum absolute atomic E-state index is 0.123. The van der Waals surface area contributed by atoms with Crippen LogP contribution in [0.2, 0.25) is 0 Å². The van der Waals surface area contributed by atoms with Gasteiger partial charge in [0.05, 0.1) is 26.8 Å².